The van der Waals surface area contributed by atoms with Gasteiger partial charge in [0, 0.05) is 36.7 Å². The van der Waals surface area contributed by atoms with Crippen LogP contribution in [0.2, 0.25) is 5.02 Å². The summed E-state index contributed by atoms with van der Waals surface area (Å²) in [6, 6.07) is 13.9. The Morgan fingerprint density at radius 3 is 2.61 bits per heavy atom. The number of ether oxygens (including phenoxy) is 1. The van der Waals surface area contributed by atoms with Crippen LogP contribution in [0.3, 0.4) is 0 Å². The lowest BCUT2D eigenvalue weighted by molar-refractivity contribution is -0.131. The molecule has 1 amide bonds. The van der Waals surface area contributed by atoms with Gasteiger partial charge >= 0.3 is 0 Å². The van der Waals surface area contributed by atoms with E-state index in [-0.39, 0.29) is 0 Å². The molecule has 1 aliphatic heterocycles. The molecule has 1 saturated carbocycles. The Hall–Kier alpha value is -2.86. The molecular formula is C24H25ClN4O2. The second kappa shape index (κ2) is 8.35. The van der Waals surface area contributed by atoms with E-state index in [0.717, 1.165) is 67.2 Å². The average molecular weight is 437 g/mol. The number of nitrogens with zero attached hydrogens (tertiary/aromatic N) is 4. The first-order valence-electron chi connectivity index (χ1n) is 10.7. The van der Waals surface area contributed by atoms with Gasteiger partial charge in [-0.05, 0) is 48.9 Å². The lowest BCUT2D eigenvalue weighted by atomic mass is 10.0. The van der Waals surface area contributed by atoms with Crippen molar-refractivity contribution in [3.05, 3.63) is 53.8 Å². The van der Waals surface area contributed by atoms with Crippen LogP contribution >= 0.6 is 11.6 Å². The maximum absolute atomic E-state index is 12.3. The molecule has 1 aliphatic carbocycles. The van der Waals surface area contributed by atoms with E-state index in [1.54, 1.807) is 13.4 Å². The van der Waals surface area contributed by atoms with Gasteiger partial charge in [-0.2, -0.15) is 0 Å². The summed E-state index contributed by atoms with van der Waals surface area (Å²) in [4.78, 5) is 14.4. The summed E-state index contributed by atoms with van der Waals surface area (Å²) in [5.41, 5.74) is 3.00. The number of methoxy groups -OCH3 is 1. The maximum Gasteiger partial charge on any atom is 0.225 e. The van der Waals surface area contributed by atoms with Gasteiger partial charge in [0.15, 0.2) is 5.82 Å². The second-order valence-electron chi connectivity index (χ2n) is 8.44. The first-order chi connectivity index (χ1) is 15.1. The largest absolute Gasteiger partial charge is 0.497 e. The summed E-state index contributed by atoms with van der Waals surface area (Å²) in [6.45, 7) is 2.53. The van der Waals surface area contributed by atoms with Crippen molar-refractivity contribution >= 4 is 17.5 Å². The van der Waals surface area contributed by atoms with Crippen LogP contribution in [0.15, 0.2) is 48.8 Å². The van der Waals surface area contributed by atoms with Crippen molar-refractivity contribution in [2.75, 3.05) is 20.2 Å². The van der Waals surface area contributed by atoms with Crippen LogP contribution in [0.25, 0.3) is 22.5 Å². The molecule has 1 saturated heterocycles. The molecular weight excluding hydrogens is 412 g/mol. The molecule has 160 valence electrons. The summed E-state index contributed by atoms with van der Waals surface area (Å²) in [6.07, 6.45) is 4.95. The van der Waals surface area contributed by atoms with Crippen molar-refractivity contribution in [1.82, 2.24) is 19.7 Å². The molecule has 1 aromatic heterocycles. The first kappa shape index (κ1) is 20.1. The fourth-order valence-electron chi connectivity index (χ4n) is 4.32. The number of halogens is 1. The highest BCUT2D eigenvalue weighted by Gasteiger charge is 2.36. The highest BCUT2D eigenvalue weighted by Crippen LogP contribution is 2.34. The zero-order valence-electron chi connectivity index (χ0n) is 17.5. The predicted molar refractivity (Wildman–Crippen MR) is 120 cm³/mol. The Balaban J connectivity index is 1.30. The van der Waals surface area contributed by atoms with Crippen molar-refractivity contribution in [1.29, 1.82) is 0 Å². The maximum atomic E-state index is 12.3. The summed E-state index contributed by atoms with van der Waals surface area (Å²) in [5.74, 6) is 2.66. The Kier molecular flexibility index (Phi) is 5.40. The van der Waals surface area contributed by atoms with E-state index in [4.69, 9.17) is 16.3 Å². The molecule has 2 fully saturated rings. The molecule has 3 aromatic rings. The second-order valence-corrected chi connectivity index (χ2v) is 8.85. The Morgan fingerprint density at radius 2 is 1.90 bits per heavy atom. The van der Waals surface area contributed by atoms with Crippen molar-refractivity contribution in [2.24, 2.45) is 11.8 Å². The Bertz CT molecular complexity index is 1090. The van der Waals surface area contributed by atoms with E-state index in [1.165, 1.54) is 0 Å². The summed E-state index contributed by atoms with van der Waals surface area (Å²) in [5, 5.41) is 9.15. The van der Waals surface area contributed by atoms with Gasteiger partial charge in [-0.15, -0.1) is 10.2 Å². The average Bonchev–Trinajstić information content (AvgIpc) is 3.37. The zero-order valence-corrected chi connectivity index (χ0v) is 18.3. The lowest BCUT2D eigenvalue weighted by Crippen LogP contribution is -2.30. The van der Waals surface area contributed by atoms with Gasteiger partial charge in [0.05, 0.1) is 12.1 Å². The summed E-state index contributed by atoms with van der Waals surface area (Å²) in [7, 11) is 1.63. The molecule has 31 heavy (non-hydrogen) atoms. The fraction of sp³-hybridized carbons (Fsp3) is 0.375. The molecule has 2 aromatic carbocycles. The summed E-state index contributed by atoms with van der Waals surface area (Å²) >= 11 is 6.43. The number of likely N-dealkylation sites (tertiary alicyclic amines) is 1. The van der Waals surface area contributed by atoms with Gasteiger partial charge in [0.1, 0.15) is 12.1 Å². The van der Waals surface area contributed by atoms with E-state index in [1.807, 2.05) is 47.4 Å². The van der Waals surface area contributed by atoms with Crippen LogP contribution in [-0.2, 0) is 11.3 Å². The Labute approximate surface area is 186 Å². The number of aromatic nitrogens is 3. The molecule has 6 nitrogen and oxygen atoms in total. The third kappa shape index (κ3) is 4.17. The van der Waals surface area contributed by atoms with Crippen LogP contribution in [0.5, 0.6) is 5.75 Å². The molecule has 0 N–H and O–H groups in total. The standard InChI is InChI=1S/C24H25ClN4O2/c1-31-20-8-9-21(22(25)12-20)17-2-4-18(5-3-17)23-27-26-15-29(23)14-16-10-11-28(13-16)24(30)19-6-7-19/h2-5,8-9,12,15-16,19H,6-7,10-11,13-14H2,1H3/t16-/m1/s1. The molecule has 0 radical (unpaired) electrons. The lowest BCUT2D eigenvalue weighted by Gasteiger charge is -2.17. The number of benzene rings is 2. The van der Waals surface area contributed by atoms with E-state index in [0.29, 0.717) is 22.8 Å². The third-order valence-corrected chi connectivity index (χ3v) is 6.54. The molecule has 2 aliphatic rings. The molecule has 1 atom stereocenters. The van der Waals surface area contributed by atoms with Crippen LogP contribution in [-0.4, -0.2) is 45.8 Å². The van der Waals surface area contributed by atoms with E-state index in [2.05, 4.69) is 14.8 Å². The predicted octanol–water partition coefficient (Wildman–Crippen LogP) is 4.53. The quantitative estimate of drug-likeness (QED) is 0.569. The third-order valence-electron chi connectivity index (χ3n) is 6.22. The van der Waals surface area contributed by atoms with Crippen LogP contribution in [0.4, 0.5) is 0 Å². The van der Waals surface area contributed by atoms with Crippen molar-refractivity contribution in [3.8, 4) is 28.3 Å². The molecule has 5 rings (SSSR count). The van der Waals surface area contributed by atoms with Crippen molar-refractivity contribution in [3.63, 3.8) is 0 Å². The molecule has 7 heteroatoms. The topological polar surface area (TPSA) is 60.3 Å². The molecule has 0 spiro atoms. The minimum atomic E-state index is 0.293. The number of carbonyl (C=O) groups is 1. The molecule has 2 heterocycles. The number of carbonyl (C=O) groups excluding carboxylic acids is 1. The van der Waals surface area contributed by atoms with Crippen molar-refractivity contribution < 1.29 is 9.53 Å². The van der Waals surface area contributed by atoms with Gasteiger partial charge in [0.25, 0.3) is 0 Å². The van der Waals surface area contributed by atoms with Crippen LogP contribution in [0, 0.1) is 11.8 Å². The molecule has 0 bridgehead atoms. The van der Waals surface area contributed by atoms with Gasteiger partial charge in [-0.3, -0.25) is 4.79 Å². The van der Waals surface area contributed by atoms with E-state index >= 15 is 0 Å². The van der Waals surface area contributed by atoms with E-state index < -0.39 is 0 Å². The minimum absolute atomic E-state index is 0.293. The summed E-state index contributed by atoms with van der Waals surface area (Å²) < 4.78 is 7.33. The highest BCUT2D eigenvalue weighted by molar-refractivity contribution is 6.33. The van der Waals surface area contributed by atoms with Crippen LogP contribution in [0.1, 0.15) is 19.3 Å². The smallest absolute Gasteiger partial charge is 0.225 e. The SMILES string of the molecule is COc1ccc(-c2ccc(-c3nncn3C[C@@H]3CCN(C(=O)C4CC4)C3)cc2)c(Cl)c1. The highest BCUT2D eigenvalue weighted by atomic mass is 35.5. The van der Waals surface area contributed by atoms with E-state index in [9.17, 15) is 4.79 Å². The minimum Gasteiger partial charge on any atom is -0.497 e. The number of hydrogen-bond donors (Lipinski definition) is 0. The monoisotopic (exact) mass is 436 g/mol. The first-order valence-corrected chi connectivity index (χ1v) is 11.1. The van der Waals surface area contributed by atoms with Gasteiger partial charge in [-0.1, -0.05) is 35.9 Å². The molecule has 0 unspecified atom stereocenters. The number of amides is 1. The van der Waals surface area contributed by atoms with Crippen molar-refractivity contribution in [2.45, 2.75) is 25.8 Å². The fourth-order valence-corrected chi connectivity index (χ4v) is 4.60. The normalized spacial score (nSPS) is 18.4. The van der Waals surface area contributed by atoms with Gasteiger partial charge in [0.2, 0.25) is 5.91 Å². The van der Waals surface area contributed by atoms with Gasteiger partial charge in [-0.25, -0.2) is 0 Å². The van der Waals surface area contributed by atoms with Gasteiger partial charge < -0.3 is 14.2 Å². The Morgan fingerprint density at radius 1 is 1.13 bits per heavy atom. The van der Waals surface area contributed by atoms with Crippen LogP contribution < -0.4 is 4.74 Å². The zero-order chi connectivity index (χ0) is 21.4. The number of rotatable bonds is 6. The number of hydrogen-bond acceptors (Lipinski definition) is 4.